The molecular weight excluding hydrogens is 256 g/mol. The Morgan fingerprint density at radius 2 is 2.00 bits per heavy atom. The molecule has 1 saturated carbocycles. The maximum absolute atomic E-state index is 6.07. The van der Waals surface area contributed by atoms with Crippen LogP contribution >= 0.6 is 0 Å². The molecule has 0 aliphatic heterocycles. The van der Waals surface area contributed by atoms with Crippen LogP contribution in [0.1, 0.15) is 38.4 Å². The highest BCUT2D eigenvalue weighted by atomic mass is 16.5. The molecule has 20 heavy (non-hydrogen) atoms. The minimum absolute atomic E-state index is 0.339. The lowest BCUT2D eigenvalue weighted by Gasteiger charge is -2.30. The Morgan fingerprint density at radius 1 is 1.25 bits per heavy atom. The molecule has 1 aliphatic rings. The van der Waals surface area contributed by atoms with E-state index in [0.717, 1.165) is 6.42 Å². The highest BCUT2D eigenvalue weighted by Gasteiger charge is 2.23. The molecule has 1 aromatic rings. The van der Waals surface area contributed by atoms with Crippen LogP contribution in [-0.2, 0) is 11.3 Å². The molecule has 1 fully saturated rings. The van der Waals surface area contributed by atoms with E-state index in [2.05, 4.69) is 22.2 Å². The molecule has 0 spiro atoms. The first-order valence-corrected chi connectivity index (χ1v) is 7.11. The standard InChI is InChI=1S/C14H24N4O2/c1-9-6-4-5-7-10(9)16-13-12(15)14(20-3)18-11(17-13)8-19-2/h9-10H,4-8,15H2,1-3H3,(H,16,17,18). The van der Waals surface area contributed by atoms with Crippen LogP contribution < -0.4 is 15.8 Å². The number of nitrogens with two attached hydrogens (primary N) is 1. The van der Waals surface area contributed by atoms with Gasteiger partial charge in [-0.1, -0.05) is 19.8 Å². The smallest absolute Gasteiger partial charge is 0.242 e. The number of ether oxygens (including phenoxy) is 2. The highest BCUT2D eigenvalue weighted by molar-refractivity contribution is 5.67. The Bertz CT molecular complexity index is 453. The first-order chi connectivity index (χ1) is 9.65. The third-order valence-electron chi connectivity index (χ3n) is 3.86. The molecule has 2 atom stereocenters. The van der Waals surface area contributed by atoms with Crippen LogP contribution in [0.4, 0.5) is 11.5 Å². The van der Waals surface area contributed by atoms with Crippen molar-refractivity contribution in [1.82, 2.24) is 9.97 Å². The zero-order valence-corrected chi connectivity index (χ0v) is 12.5. The number of methoxy groups -OCH3 is 2. The Kier molecular flexibility index (Phi) is 5.00. The number of aromatic nitrogens is 2. The van der Waals surface area contributed by atoms with Gasteiger partial charge in [-0.05, 0) is 18.8 Å². The lowest BCUT2D eigenvalue weighted by atomic mass is 9.86. The van der Waals surface area contributed by atoms with Crippen molar-refractivity contribution in [3.8, 4) is 5.88 Å². The van der Waals surface area contributed by atoms with E-state index >= 15 is 0 Å². The monoisotopic (exact) mass is 280 g/mol. The van der Waals surface area contributed by atoms with Crippen molar-refractivity contribution >= 4 is 11.5 Å². The number of hydrogen-bond donors (Lipinski definition) is 2. The van der Waals surface area contributed by atoms with Crippen LogP contribution in [0, 0.1) is 5.92 Å². The van der Waals surface area contributed by atoms with E-state index in [1.807, 2.05) is 0 Å². The molecule has 1 aliphatic carbocycles. The Morgan fingerprint density at radius 3 is 2.65 bits per heavy atom. The molecule has 0 bridgehead atoms. The fraction of sp³-hybridized carbons (Fsp3) is 0.714. The van der Waals surface area contributed by atoms with Gasteiger partial charge in [-0.15, -0.1) is 0 Å². The van der Waals surface area contributed by atoms with Crippen LogP contribution in [0.15, 0.2) is 0 Å². The van der Waals surface area contributed by atoms with Gasteiger partial charge in [0.25, 0.3) is 0 Å². The largest absolute Gasteiger partial charge is 0.479 e. The van der Waals surface area contributed by atoms with E-state index < -0.39 is 0 Å². The highest BCUT2D eigenvalue weighted by Crippen LogP contribution is 2.31. The molecular formula is C14H24N4O2. The second-order valence-electron chi connectivity index (χ2n) is 5.36. The average Bonchev–Trinajstić information content (AvgIpc) is 2.45. The maximum atomic E-state index is 6.07. The summed E-state index contributed by atoms with van der Waals surface area (Å²) in [5.74, 6) is 2.25. The van der Waals surface area contributed by atoms with E-state index in [-0.39, 0.29) is 0 Å². The normalized spacial score (nSPS) is 22.6. The van der Waals surface area contributed by atoms with Gasteiger partial charge in [0.15, 0.2) is 11.6 Å². The topological polar surface area (TPSA) is 82.3 Å². The molecule has 3 N–H and O–H groups in total. The van der Waals surface area contributed by atoms with Gasteiger partial charge in [0.05, 0.1) is 7.11 Å². The fourth-order valence-electron chi connectivity index (χ4n) is 2.66. The van der Waals surface area contributed by atoms with Crippen molar-refractivity contribution in [3.05, 3.63) is 5.82 Å². The van der Waals surface area contributed by atoms with Crippen molar-refractivity contribution in [1.29, 1.82) is 0 Å². The zero-order valence-electron chi connectivity index (χ0n) is 12.5. The molecule has 6 heteroatoms. The van der Waals surface area contributed by atoms with E-state index in [9.17, 15) is 0 Å². The maximum Gasteiger partial charge on any atom is 0.242 e. The van der Waals surface area contributed by atoms with Crippen LogP contribution in [0.3, 0.4) is 0 Å². The van der Waals surface area contributed by atoms with Gasteiger partial charge >= 0.3 is 0 Å². The molecule has 0 amide bonds. The van der Waals surface area contributed by atoms with Crippen LogP contribution in [0.25, 0.3) is 0 Å². The van der Waals surface area contributed by atoms with Gasteiger partial charge in [0, 0.05) is 13.2 Å². The van der Waals surface area contributed by atoms with Gasteiger partial charge in [-0.3, -0.25) is 0 Å². The summed E-state index contributed by atoms with van der Waals surface area (Å²) in [4.78, 5) is 8.68. The predicted molar refractivity (Wildman–Crippen MR) is 78.8 cm³/mol. The third-order valence-corrected chi connectivity index (χ3v) is 3.86. The van der Waals surface area contributed by atoms with Crippen LogP contribution in [0.2, 0.25) is 0 Å². The number of hydrogen-bond acceptors (Lipinski definition) is 6. The molecule has 2 rings (SSSR count). The first-order valence-electron chi connectivity index (χ1n) is 7.11. The van der Waals surface area contributed by atoms with Gasteiger partial charge in [0.2, 0.25) is 5.88 Å². The number of nitrogen functional groups attached to an aromatic ring is 1. The summed E-state index contributed by atoms with van der Waals surface area (Å²) < 4.78 is 10.3. The second kappa shape index (κ2) is 6.74. The molecule has 0 saturated heterocycles. The van der Waals surface area contributed by atoms with Crippen molar-refractivity contribution in [2.75, 3.05) is 25.3 Å². The minimum atomic E-state index is 0.339. The Balaban J connectivity index is 2.22. The molecule has 112 valence electrons. The lowest BCUT2D eigenvalue weighted by Crippen LogP contribution is -2.31. The average molecular weight is 280 g/mol. The second-order valence-corrected chi connectivity index (χ2v) is 5.36. The summed E-state index contributed by atoms with van der Waals surface area (Å²) in [6, 6.07) is 0.404. The van der Waals surface area contributed by atoms with Crippen LogP contribution in [0.5, 0.6) is 5.88 Å². The predicted octanol–water partition coefficient (Wildman–Crippen LogP) is 2.20. The van der Waals surface area contributed by atoms with E-state index in [0.29, 0.717) is 41.8 Å². The third kappa shape index (κ3) is 3.30. The minimum Gasteiger partial charge on any atom is -0.479 e. The summed E-state index contributed by atoms with van der Waals surface area (Å²) in [6.45, 7) is 2.60. The fourth-order valence-corrected chi connectivity index (χ4v) is 2.66. The van der Waals surface area contributed by atoms with Gasteiger partial charge in [-0.25, -0.2) is 4.98 Å². The van der Waals surface area contributed by atoms with E-state index in [4.69, 9.17) is 15.2 Å². The SMILES string of the molecule is COCc1nc(NC2CCCCC2C)c(N)c(OC)n1. The van der Waals surface area contributed by atoms with E-state index in [1.54, 1.807) is 14.2 Å². The first kappa shape index (κ1) is 14.8. The molecule has 2 unspecified atom stereocenters. The number of anilines is 2. The van der Waals surface area contributed by atoms with Gasteiger partial charge in [0.1, 0.15) is 12.3 Å². The lowest BCUT2D eigenvalue weighted by molar-refractivity contribution is 0.177. The van der Waals surface area contributed by atoms with Crippen molar-refractivity contribution in [2.45, 2.75) is 45.3 Å². The summed E-state index contributed by atoms with van der Waals surface area (Å²) in [7, 11) is 3.17. The molecule has 1 heterocycles. The van der Waals surface area contributed by atoms with E-state index in [1.165, 1.54) is 19.3 Å². The summed E-state index contributed by atoms with van der Waals surface area (Å²) in [6.07, 6.45) is 4.93. The molecule has 1 aromatic heterocycles. The zero-order chi connectivity index (χ0) is 14.5. The number of nitrogens with one attached hydrogen (secondary N) is 1. The molecule has 6 nitrogen and oxygen atoms in total. The summed E-state index contributed by atoms with van der Waals surface area (Å²) in [5, 5.41) is 3.46. The number of nitrogens with zero attached hydrogens (tertiary/aromatic N) is 2. The van der Waals surface area contributed by atoms with Crippen molar-refractivity contribution in [2.24, 2.45) is 5.92 Å². The van der Waals surface area contributed by atoms with Crippen LogP contribution in [-0.4, -0.2) is 30.2 Å². The Labute approximate surface area is 120 Å². The number of rotatable bonds is 5. The van der Waals surface area contributed by atoms with Crippen molar-refractivity contribution < 1.29 is 9.47 Å². The summed E-state index contributed by atoms with van der Waals surface area (Å²) >= 11 is 0. The van der Waals surface area contributed by atoms with Crippen molar-refractivity contribution in [3.63, 3.8) is 0 Å². The van der Waals surface area contributed by atoms with Gasteiger partial charge < -0.3 is 20.5 Å². The molecule has 0 aromatic carbocycles. The molecule has 0 radical (unpaired) electrons. The quantitative estimate of drug-likeness (QED) is 0.860. The summed E-state index contributed by atoms with van der Waals surface area (Å²) in [5.41, 5.74) is 6.53. The Hall–Kier alpha value is -1.56. The van der Waals surface area contributed by atoms with Gasteiger partial charge in [-0.2, -0.15) is 4.98 Å².